The van der Waals surface area contributed by atoms with Crippen molar-refractivity contribution in [2.24, 2.45) is 0 Å². The Labute approximate surface area is 63.3 Å². The van der Waals surface area contributed by atoms with Crippen LogP contribution in [0, 0.1) is 10.1 Å². The van der Waals surface area contributed by atoms with Crippen LogP contribution in [0.3, 0.4) is 0 Å². The maximum atomic E-state index is 10.1. The van der Waals surface area contributed by atoms with Crippen LogP contribution in [0.1, 0.15) is 5.76 Å². The molecule has 0 aliphatic heterocycles. The first kappa shape index (κ1) is 7.53. The Kier molecular flexibility index (Phi) is 2.06. The Balaban J connectivity index is 2.57. The Hall–Kier alpha value is -1.58. The summed E-state index contributed by atoms with van der Waals surface area (Å²) in [6.07, 6.45) is 1.64. The van der Waals surface area contributed by atoms with Gasteiger partial charge in [-0.05, 0) is 18.7 Å². The molecule has 0 atom stereocenters. The summed E-state index contributed by atoms with van der Waals surface area (Å²) in [5.74, 6) is 0.562. The lowest BCUT2D eigenvalue weighted by Crippen LogP contribution is -1.99. The van der Waals surface area contributed by atoms with Crippen LogP contribution in [0.4, 0.5) is 0 Å². The van der Waals surface area contributed by atoms with Gasteiger partial charge in [0.2, 0.25) is 5.70 Å². The molecule has 0 N–H and O–H groups in total. The van der Waals surface area contributed by atoms with Gasteiger partial charge in [0.25, 0.3) is 0 Å². The predicted molar refractivity (Wildman–Crippen MR) is 38.5 cm³/mol. The van der Waals surface area contributed by atoms with Crippen LogP contribution in [0.5, 0.6) is 0 Å². The molecule has 1 heterocycles. The van der Waals surface area contributed by atoms with E-state index in [1.54, 1.807) is 12.1 Å². The molecule has 4 nitrogen and oxygen atoms in total. The minimum Gasteiger partial charge on any atom is -0.469 e. The first-order valence-electron chi connectivity index (χ1n) is 3.04. The van der Waals surface area contributed by atoms with E-state index in [0.29, 0.717) is 5.76 Å². The highest BCUT2D eigenvalue weighted by Crippen LogP contribution is 2.06. The lowest BCUT2D eigenvalue weighted by Gasteiger charge is -1.91. The van der Waals surface area contributed by atoms with Gasteiger partial charge in [-0.1, -0.05) is 0 Å². The van der Waals surface area contributed by atoms with Crippen LogP contribution in [0.15, 0.2) is 35.1 Å². The average molecular weight is 153 g/mol. The molecule has 0 saturated heterocycles. The third-order valence-electron chi connectivity index (χ3n) is 1.22. The first-order chi connectivity index (χ1) is 5.20. The van der Waals surface area contributed by atoms with E-state index in [1.807, 2.05) is 0 Å². The number of nitrogens with zero attached hydrogens (tertiary/aromatic N) is 1. The highest BCUT2D eigenvalue weighted by molar-refractivity contribution is 5.04. The van der Waals surface area contributed by atoms with Crippen molar-refractivity contribution >= 4 is 0 Å². The summed E-state index contributed by atoms with van der Waals surface area (Å²) in [5.41, 5.74) is -0.0556. The SMILES string of the molecule is C=C(Cc1ccco1)[N+](=O)[O-]. The summed E-state index contributed by atoms with van der Waals surface area (Å²) < 4.78 is 4.89. The second-order valence-electron chi connectivity index (χ2n) is 2.08. The van der Waals surface area contributed by atoms with E-state index >= 15 is 0 Å². The summed E-state index contributed by atoms with van der Waals surface area (Å²) >= 11 is 0. The number of nitro groups is 1. The van der Waals surface area contributed by atoms with Crippen molar-refractivity contribution in [2.75, 3.05) is 0 Å². The number of hydrogen-bond donors (Lipinski definition) is 0. The Morgan fingerprint density at radius 1 is 1.82 bits per heavy atom. The zero-order valence-corrected chi connectivity index (χ0v) is 5.82. The Morgan fingerprint density at radius 2 is 2.55 bits per heavy atom. The molecule has 1 rings (SSSR count). The van der Waals surface area contributed by atoms with Crippen molar-refractivity contribution in [1.29, 1.82) is 0 Å². The van der Waals surface area contributed by atoms with Crippen LogP contribution in [-0.2, 0) is 6.42 Å². The van der Waals surface area contributed by atoms with E-state index in [9.17, 15) is 10.1 Å². The average Bonchev–Trinajstić information content (AvgIpc) is 2.39. The van der Waals surface area contributed by atoms with Gasteiger partial charge in [0.1, 0.15) is 5.76 Å². The van der Waals surface area contributed by atoms with E-state index in [1.165, 1.54) is 6.26 Å². The zero-order valence-electron chi connectivity index (χ0n) is 5.82. The molecule has 4 heteroatoms. The molecule has 0 aromatic carbocycles. The molecule has 0 bridgehead atoms. The lowest BCUT2D eigenvalue weighted by atomic mass is 10.3. The number of allylic oxidation sites excluding steroid dienone is 1. The largest absolute Gasteiger partial charge is 0.469 e. The lowest BCUT2D eigenvalue weighted by molar-refractivity contribution is -0.426. The maximum Gasteiger partial charge on any atom is 0.246 e. The molecule has 58 valence electrons. The number of rotatable bonds is 3. The van der Waals surface area contributed by atoms with Crippen molar-refractivity contribution in [3.05, 3.63) is 46.5 Å². The van der Waals surface area contributed by atoms with Gasteiger partial charge in [0.15, 0.2) is 0 Å². The molecule has 0 radical (unpaired) electrons. The molecular weight excluding hydrogens is 146 g/mol. The first-order valence-corrected chi connectivity index (χ1v) is 3.04. The highest BCUT2D eigenvalue weighted by Gasteiger charge is 2.08. The molecule has 0 amide bonds. The van der Waals surface area contributed by atoms with Crippen LogP contribution in [0.2, 0.25) is 0 Å². The van der Waals surface area contributed by atoms with Crippen molar-refractivity contribution in [3.8, 4) is 0 Å². The van der Waals surface area contributed by atoms with E-state index in [-0.39, 0.29) is 12.1 Å². The molecule has 0 aliphatic carbocycles. The van der Waals surface area contributed by atoms with Gasteiger partial charge in [0.05, 0.1) is 17.6 Å². The van der Waals surface area contributed by atoms with Crippen molar-refractivity contribution in [3.63, 3.8) is 0 Å². The van der Waals surface area contributed by atoms with Crippen LogP contribution in [0.25, 0.3) is 0 Å². The summed E-state index contributed by atoms with van der Waals surface area (Å²) in [5, 5.41) is 10.1. The number of furan rings is 1. The minimum atomic E-state index is -0.511. The zero-order chi connectivity index (χ0) is 8.27. The summed E-state index contributed by atoms with van der Waals surface area (Å²) in [4.78, 5) is 9.58. The van der Waals surface area contributed by atoms with Gasteiger partial charge >= 0.3 is 0 Å². The molecule has 0 unspecified atom stereocenters. The third-order valence-corrected chi connectivity index (χ3v) is 1.22. The topological polar surface area (TPSA) is 56.3 Å². The smallest absolute Gasteiger partial charge is 0.246 e. The highest BCUT2D eigenvalue weighted by atomic mass is 16.6. The molecule has 11 heavy (non-hydrogen) atoms. The Bertz CT molecular complexity index is 263. The van der Waals surface area contributed by atoms with Crippen LogP contribution in [-0.4, -0.2) is 4.92 Å². The molecular formula is C7H7NO3. The fourth-order valence-electron chi connectivity index (χ4n) is 0.679. The molecule has 0 saturated carbocycles. The van der Waals surface area contributed by atoms with Crippen molar-refractivity contribution < 1.29 is 9.34 Å². The molecule has 1 aromatic rings. The molecule has 1 aromatic heterocycles. The van der Waals surface area contributed by atoms with Crippen molar-refractivity contribution in [2.45, 2.75) is 6.42 Å². The van der Waals surface area contributed by atoms with Gasteiger partial charge < -0.3 is 4.42 Å². The van der Waals surface area contributed by atoms with Crippen molar-refractivity contribution in [1.82, 2.24) is 0 Å². The quantitative estimate of drug-likeness (QED) is 0.489. The normalized spacial score (nSPS) is 9.45. The van der Waals surface area contributed by atoms with Gasteiger partial charge in [-0.2, -0.15) is 0 Å². The van der Waals surface area contributed by atoms with Gasteiger partial charge in [-0.25, -0.2) is 0 Å². The number of hydrogen-bond acceptors (Lipinski definition) is 3. The second-order valence-corrected chi connectivity index (χ2v) is 2.08. The van der Waals surface area contributed by atoms with Crippen LogP contribution < -0.4 is 0 Å². The second kappa shape index (κ2) is 3.01. The maximum absolute atomic E-state index is 10.1. The summed E-state index contributed by atoms with van der Waals surface area (Å²) in [6.45, 7) is 3.27. The van der Waals surface area contributed by atoms with Gasteiger partial charge in [-0.3, -0.25) is 10.1 Å². The van der Waals surface area contributed by atoms with Crippen LogP contribution >= 0.6 is 0 Å². The van der Waals surface area contributed by atoms with Gasteiger partial charge in [0, 0.05) is 0 Å². The fraction of sp³-hybridized carbons (Fsp3) is 0.143. The van der Waals surface area contributed by atoms with E-state index in [0.717, 1.165) is 0 Å². The van der Waals surface area contributed by atoms with E-state index in [2.05, 4.69) is 6.58 Å². The fourth-order valence-corrected chi connectivity index (χ4v) is 0.679. The van der Waals surface area contributed by atoms with E-state index in [4.69, 9.17) is 4.42 Å². The monoisotopic (exact) mass is 153 g/mol. The third kappa shape index (κ3) is 1.93. The summed E-state index contributed by atoms with van der Waals surface area (Å²) in [6, 6.07) is 3.36. The molecule has 0 fully saturated rings. The van der Waals surface area contributed by atoms with Gasteiger partial charge in [-0.15, -0.1) is 0 Å². The summed E-state index contributed by atoms with van der Waals surface area (Å²) in [7, 11) is 0. The molecule has 0 aliphatic rings. The van der Waals surface area contributed by atoms with E-state index < -0.39 is 4.92 Å². The Morgan fingerprint density at radius 3 is 3.00 bits per heavy atom. The molecule has 0 spiro atoms. The standard InChI is InChI=1S/C7H7NO3/c1-6(8(9)10)5-7-3-2-4-11-7/h2-4H,1,5H2. The minimum absolute atomic E-state index is 0.0556. The predicted octanol–water partition coefficient (Wildman–Crippen LogP) is 1.61.